The van der Waals surface area contributed by atoms with E-state index in [1.165, 1.54) is 0 Å². The Kier molecular flexibility index (Phi) is 4.70. The van der Waals surface area contributed by atoms with Gasteiger partial charge in [-0.2, -0.15) is 13.2 Å². The zero-order valence-corrected chi connectivity index (χ0v) is 12.4. The molecule has 0 radical (unpaired) electrons. The molecule has 0 unspecified atom stereocenters. The van der Waals surface area contributed by atoms with Gasteiger partial charge in [0.25, 0.3) is 0 Å². The molecule has 9 heteroatoms. The van der Waals surface area contributed by atoms with Crippen molar-refractivity contribution in [1.29, 1.82) is 0 Å². The molecule has 124 valence electrons. The quantitative estimate of drug-likeness (QED) is 0.250. The van der Waals surface area contributed by atoms with Gasteiger partial charge >= 0.3 is 6.18 Å². The molecule has 0 aliphatic carbocycles. The Bertz CT molecular complexity index is 737. The Balaban J connectivity index is 2.88. The van der Waals surface area contributed by atoms with Gasteiger partial charge < -0.3 is 0 Å². The SMILES string of the molecule is Fc1c(F)c(F)c(-c2ccc(CBr)cc2C(F)(F)F)c(F)c1F. The van der Waals surface area contributed by atoms with E-state index in [0.717, 1.165) is 6.07 Å². The molecular weight excluding hydrogens is 400 g/mol. The van der Waals surface area contributed by atoms with Crippen LogP contribution in [0.1, 0.15) is 11.1 Å². The van der Waals surface area contributed by atoms with Crippen molar-refractivity contribution in [2.45, 2.75) is 11.5 Å². The van der Waals surface area contributed by atoms with Crippen LogP contribution in [0.4, 0.5) is 35.1 Å². The standard InChI is InChI=1S/C14H5BrF8/c15-4-5-1-2-6(7(3-5)14(21,22)23)8-9(16)11(18)13(20)12(19)10(8)17/h1-3H,4H2. The molecule has 2 aromatic rings. The summed E-state index contributed by atoms with van der Waals surface area (Å²) in [5, 5.41) is 0.00741. The van der Waals surface area contributed by atoms with Gasteiger partial charge in [0.05, 0.1) is 11.1 Å². The maximum Gasteiger partial charge on any atom is 0.417 e. The van der Waals surface area contributed by atoms with Gasteiger partial charge in [0.1, 0.15) is 0 Å². The highest BCUT2D eigenvalue weighted by atomic mass is 79.9. The molecule has 0 saturated carbocycles. The third-order valence-corrected chi connectivity index (χ3v) is 3.67. The largest absolute Gasteiger partial charge is 0.417 e. The van der Waals surface area contributed by atoms with Gasteiger partial charge in [-0.15, -0.1) is 0 Å². The van der Waals surface area contributed by atoms with E-state index in [4.69, 9.17) is 0 Å². The Hall–Kier alpha value is -1.64. The molecule has 2 aromatic carbocycles. The zero-order chi connectivity index (χ0) is 17.5. The number of rotatable bonds is 2. The molecule has 0 bridgehead atoms. The predicted octanol–water partition coefficient (Wildman–Crippen LogP) is 5.96. The molecule has 0 N–H and O–H groups in total. The normalized spacial score (nSPS) is 11.9. The average molecular weight is 405 g/mol. The Morgan fingerprint density at radius 3 is 1.70 bits per heavy atom. The summed E-state index contributed by atoms with van der Waals surface area (Å²) in [7, 11) is 0. The number of alkyl halides is 4. The lowest BCUT2D eigenvalue weighted by Gasteiger charge is -2.16. The molecule has 0 fully saturated rings. The van der Waals surface area contributed by atoms with Crippen molar-refractivity contribution in [3.05, 3.63) is 58.4 Å². The summed E-state index contributed by atoms with van der Waals surface area (Å²) in [6, 6.07) is 2.32. The summed E-state index contributed by atoms with van der Waals surface area (Å²) in [5.74, 6) is -11.7. The molecule has 23 heavy (non-hydrogen) atoms. The monoisotopic (exact) mass is 404 g/mol. The van der Waals surface area contributed by atoms with Crippen molar-refractivity contribution in [3.8, 4) is 11.1 Å². The molecule has 0 aliphatic heterocycles. The summed E-state index contributed by atoms with van der Waals surface area (Å²) in [6.45, 7) is 0. The van der Waals surface area contributed by atoms with Gasteiger partial charge in [0, 0.05) is 5.33 Å². The molecule has 0 spiro atoms. The second kappa shape index (κ2) is 6.10. The summed E-state index contributed by atoms with van der Waals surface area (Å²) in [4.78, 5) is 0. The fraction of sp³-hybridized carbons (Fsp3) is 0.143. The average Bonchev–Trinajstić information content (AvgIpc) is 2.50. The van der Waals surface area contributed by atoms with Gasteiger partial charge in [-0.25, -0.2) is 22.0 Å². The van der Waals surface area contributed by atoms with Gasteiger partial charge in [-0.05, 0) is 17.2 Å². The summed E-state index contributed by atoms with van der Waals surface area (Å²) < 4.78 is 106. The first kappa shape index (κ1) is 17.7. The number of hydrogen-bond acceptors (Lipinski definition) is 0. The number of benzene rings is 2. The molecule has 0 nitrogen and oxygen atoms in total. The van der Waals surface area contributed by atoms with E-state index in [1.54, 1.807) is 0 Å². The van der Waals surface area contributed by atoms with E-state index >= 15 is 0 Å². The zero-order valence-electron chi connectivity index (χ0n) is 10.8. The number of hydrogen-bond donors (Lipinski definition) is 0. The van der Waals surface area contributed by atoms with Crippen LogP contribution in [0.5, 0.6) is 0 Å². The van der Waals surface area contributed by atoms with Crippen molar-refractivity contribution in [2.75, 3.05) is 0 Å². The third kappa shape index (κ3) is 3.06. The van der Waals surface area contributed by atoms with Crippen LogP contribution in [0, 0.1) is 29.1 Å². The Morgan fingerprint density at radius 1 is 0.783 bits per heavy atom. The van der Waals surface area contributed by atoms with Crippen LogP contribution >= 0.6 is 15.9 Å². The highest BCUT2D eigenvalue weighted by molar-refractivity contribution is 9.08. The minimum absolute atomic E-state index is 0.00741. The maximum atomic E-state index is 13.7. The molecule has 0 aromatic heterocycles. The Labute approximate surface area is 132 Å². The summed E-state index contributed by atoms with van der Waals surface area (Å²) >= 11 is 2.92. The van der Waals surface area contributed by atoms with Crippen molar-refractivity contribution in [1.82, 2.24) is 0 Å². The molecule has 0 heterocycles. The molecule has 0 saturated heterocycles. The van der Waals surface area contributed by atoms with Gasteiger partial charge in [0.2, 0.25) is 5.82 Å². The third-order valence-electron chi connectivity index (χ3n) is 3.02. The van der Waals surface area contributed by atoms with Crippen LogP contribution < -0.4 is 0 Å². The van der Waals surface area contributed by atoms with Crippen LogP contribution in [0.25, 0.3) is 11.1 Å². The van der Waals surface area contributed by atoms with E-state index in [2.05, 4.69) is 15.9 Å². The van der Waals surface area contributed by atoms with Crippen molar-refractivity contribution in [3.63, 3.8) is 0 Å². The first-order valence-corrected chi connectivity index (χ1v) is 6.99. The van der Waals surface area contributed by atoms with Crippen LogP contribution in [0.3, 0.4) is 0 Å². The minimum Gasteiger partial charge on any atom is -0.203 e. The van der Waals surface area contributed by atoms with Crippen LogP contribution in [-0.2, 0) is 11.5 Å². The first-order chi connectivity index (χ1) is 10.6. The van der Waals surface area contributed by atoms with E-state index < -0.39 is 52.0 Å². The van der Waals surface area contributed by atoms with E-state index in [-0.39, 0.29) is 10.9 Å². The predicted molar refractivity (Wildman–Crippen MR) is 69.3 cm³/mol. The second-order valence-electron chi connectivity index (χ2n) is 4.46. The van der Waals surface area contributed by atoms with Gasteiger partial charge in [0.15, 0.2) is 23.3 Å². The highest BCUT2D eigenvalue weighted by Gasteiger charge is 2.37. The fourth-order valence-corrected chi connectivity index (χ4v) is 2.32. The fourth-order valence-electron chi connectivity index (χ4n) is 1.97. The Morgan fingerprint density at radius 2 is 1.26 bits per heavy atom. The maximum absolute atomic E-state index is 13.7. The van der Waals surface area contributed by atoms with Crippen LogP contribution in [0.2, 0.25) is 0 Å². The van der Waals surface area contributed by atoms with Crippen LogP contribution in [-0.4, -0.2) is 0 Å². The molecule has 0 atom stereocenters. The highest BCUT2D eigenvalue weighted by Crippen LogP contribution is 2.41. The number of halogens is 9. The van der Waals surface area contributed by atoms with Crippen molar-refractivity contribution >= 4 is 15.9 Å². The topological polar surface area (TPSA) is 0 Å². The van der Waals surface area contributed by atoms with Crippen LogP contribution in [0.15, 0.2) is 18.2 Å². The van der Waals surface area contributed by atoms with E-state index in [9.17, 15) is 35.1 Å². The lowest BCUT2D eigenvalue weighted by atomic mass is 9.96. The summed E-state index contributed by atoms with van der Waals surface area (Å²) in [6.07, 6.45) is -5.05. The van der Waals surface area contributed by atoms with E-state index in [1.807, 2.05) is 0 Å². The molecule has 0 amide bonds. The van der Waals surface area contributed by atoms with Crippen molar-refractivity contribution in [2.24, 2.45) is 0 Å². The molecule has 0 aliphatic rings. The lowest BCUT2D eigenvalue weighted by Crippen LogP contribution is -2.11. The summed E-state index contributed by atoms with van der Waals surface area (Å²) in [5.41, 5.74) is -4.13. The van der Waals surface area contributed by atoms with Gasteiger partial charge in [-0.3, -0.25) is 0 Å². The second-order valence-corrected chi connectivity index (χ2v) is 5.02. The van der Waals surface area contributed by atoms with Gasteiger partial charge in [-0.1, -0.05) is 28.1 Å². The minimum atomic E-state index is -5.05. The lowest BCUT2D eigenvalue weighted by molar-refractivity contribution is -0.137. The first-order valence-electron chi connectivity index (χ1n) is 5.87. The van der Waals surface area contributed by atoms with Crippen molar-refractivity contribution < 1.29 is 35.1 Å². The van der Waals surface area contributed by atoms with E-state index in [0.29, 0.717) is 12.1 Å². The molecule has 2 rings (SSSR count). The smallest absolute Gasteiger partial charge is 0.203 e. The molecular formula is C14H5BrF8.